The number of amides is 1. The molecule has 1 fully saturated rings. The van der Waals surface area contributed by atoms with Crippen molar-refractivity contribution in [3.63, 3.8) is 0 Å². The molecule has 9 nitrogen and oxygen atoms in total. The van der Waals surface area contributed by atoms with Crippen LogP contribution in [0.4, 0.5) is 0 Å². The SMILES string of the molecule is C#Cc1ccc(-c2ccc(OC)c3nc(C4(C(=O)NCCS(=O)(=O)N(C)C)CC4)nn23)cc1. The maximum Gasteiger partial charge on any atom is 0.234 e. The van der Waals surface area contributed by atoms with Gasteiger partial charge in [-0.25, -0.2) is 22.2 Å². The highest BCUT2D eigenvalue weighted by Crippen LogP contribution is 2.47. The van der Waals surface area contributed by atoms with E-state index in [9.17, 15) is 13.2 Å². The molecule has 1 aromatic carbocycles. The fourth-order valence-electron chi connectivity index (χ4n) is 3.58. The molecule has 2 aromatic heterocycles. The molecule has 1 amide bonds. The highest BCUT2D eigenvalue weighted by molar-refractivity contribution is 7.89. The van der Waals surface area contributed by atoms with Crippen LogP contribution in [0.3, 0.4) is 0 Å². The number of aromatic nitrogens is 3. The quantitative estimate of drug-likeness (QED) is 0.503. The number of pyridine rings is 1. The van der Waals surface area contributed by atoms with Crippen molar-refractivity contribution in [3.05, 3.63) is 47.8 Å². The number of sulfonamides is 1. The number of hydrogen-bond acceptors (Lipinski definition) is 6. The third-order valence-electron chi connectivity index (χ3n) is 5.83. The molecule has 1 saturated carbocycles. The second kappa shape index (κ2) is 8.50. The number of carbonyl (C=O) groups is 1. The molecule has 0 atom stereocenters. The van der Waals surface area contributed by atoms with E-state index in [0.29, 0.717) is 30.1 Å². The van der Waals surface area contributed by atoms with Crippen molar-refractivity contribution in [2.45, 2.75) is 18.3 Å². The van der Waals surface area contributed by atoms with E-state index in [1.165, 1.54) is 14.1 Å². The summed E-state index contributed by atoms with van der Waals surface area (Å²) in [5.74, 6) is 3.08. The predicted octanol–water partition coefficient (Wildman–Crippen LogP) is 1.43. The van der Waals surface area contributed by atoms with Gasteiger partial charge in [0.2, 0.25) is 15.9 Å². The van der Waals surface area contributed by atoms with E-state index in [2.05, 4.69) is 21.3 Å². The van der Waals surface area contributed by atoms with Crippen LogP contribution in [-0.2, 0) is 20.2 Å². The van der Waals surface area contributed by atoms with E-state index < -0.39 is 15.4 Å². The molecule has 3 aromatic rings. The fraction of sp³-hybridized carbons (Fsp3) is 0.348. The van der Waals surface area contributed by atoms with Crippen molar-refractivity contribution in [3.8, 4) is 29.4 Å². The molecule has 33 heavy (non-hydrogen) atoms. The minimum Gasteiger partial charge on any atom is -0.493 e. The number of benzene rings is 1. The zero-order chi connectivity index (χ0) is 23.8. The summed E-state index contributed by atoms with van der Waals surface area (Å²) in [5.41, 5.74) is 2.07. The lowest BCUT2D eigenvalue weighted by atomic mass is 10.1. The van der Waals surface area contributed by atoms with Crippen LogP contribution in [0.5, 0.6) is 5.75 Å². The predicted molar refractivity (Wildman–Crippen MR) is 124 cm³/mol. The van der Waals surface area contributed by atoms with Gasteiger partial charge in [0.05, 0.1) is 18.6 Å². The third-order valence-corrected chi connectivity index (χ3v) is 7.66. The molecule has 2 heterocycles. The molecular formula is C23H25N5O4S. The Hall–Kier alpha value is -3.42. The Morgan fingerprint density at radius 2 is 1.94 bits per heavy atom. The summed E-state index contributed by atoms with van der Waals surface area (Å²) in [5, 5.41) is 7.42. The number of rotatable bonds is 8. The van der Waals surface area contributed by atoms with Gasteiger partial charge in [-0.2, -0.15) is 0 Å². The molecule has 0 spiro atoms. The van der Waals surface area contributed by atoms with Crippen molar-refractivity contribution >= 4 is 21.6 Å². The Kier molecular flexibility index (Phi) is 5.86. The van der Waals surface area contributed by atoms with Crippen LogP contribution in [0.1, 0.15) is 24.2 Å². The number of terminal acetylenes is 1. The Morgan fingerprint density at radius 3 is 2.52 bits per heavy atom. The van der Waals surface area contributed by atoms with Crippen LogP contribution in [0.15, 0.2) is 36.4 Å². The van der Waals surface area contributed by atoms with E-state index in [1.807, 2.05) is 36.4 Å². The summed E-state index contributed by atoms with van der Waals surface area (Å²) >= 11 is 0. The van der Waals surface area contributed by atoms with Crippen molar-refractivity contribution < 1.29 is 17.9 Å². The van der Waals surface area contributed by atoms with Gasteiger partial charge in [-0.15, -0.1) is 11.5 Å². The number of nitrogens with zero attached hydrogens (tertiary/aromatic N) is 4. The molecule has 0 radical (unpaired) electrons. The van der Waals surface area contributed by atoms with E-state index in [4.69, 9.17) is 11.2 Å². The van der Waals surface area contributed by atoms with Gasteiger partial charge in [-0.1, -0.05) is 18.1 Å². The number of fused-ring (bicyclic) bond motifs is 1. The van der Waals surface area contributed by atoms with Crippen LogP contribution in [0.2, 0.25) is 0 Å². The van der Waals surface area contributed by atoms with Gasteiger partial charge in [-0.3, -0.25) is 4.79 Å². The normalized spacial score (nSPS) is 14.8. The van der Waals surface area contributed by atoms with Crippen molar-refractivity contribution in [2.75, 3.05) is 33.5 Å². The molecule has 1 aliphatic rings. The number of ether oxygens (including phenoxy) is 1. The largest absolute Gasteiger partial charge is 0.493 e. The Morgan fingerprint density at radius 1 is 1.24 bits per heavy atom. The summed E-state index contributed by atoms with van der Waals surface area (Å²) < 4.78 is 32.2. The van der Waals surface area contributed by atoms with Crippen molar-refractivity contribution in [1.29, 1.82) is 0 Å². The van der Waals surface area contributed by atoms with Gasteiger partial charge in [-0.05, 0) is 37.1 Å². The maximum absolute atomic E-state index is 13.0. The Labute approximate surface area is 192 Å². The topological polar surface area (TPSA) is 106 Å². The molecular weight excluding hydrogens is 442 g/mol. The Bertz CT molecular complexity index is 1350. The first-order chi connectivity index (χ1) is 15.7. The van der Waals surface area contributed by atoms with E-state index in [-0.39, 0.29) is 18.2 Å². The number of nitrogens with one attached hydrogen (secondary N) is 1. The third kappa shape index (κ3) is 4.17. The zero-order valence-corrected chi connectivity index (χ0v) is 19.5. The molecule has 0 bridgehead atoms. The molecule has 172 valence electrons. The standard InChI is InChI=1S/C23H25N5O4S/c1-5-16-6-8-17(9-7-16)18-10-11-19(32-4)20-25-21(26-28(18)20)23(12-13-23)22(29)24-14-15-33(30,31)27(2)3/h1,6-11H,12-15H2,2-4H3,(H,24,29). The molecule has 0 aliphatic heterocycles. The smallest absolute Gasteiger partial charge is 0.234 e. The van der Waals surface area contributed by atoms with Crippen LogP contribution in [-0.4, -0.2) is 66.7 Å². The van der Waals surface area contributed by atoms with Crippen LogP contribution in [0, 0.1) is 12.3 Å². The summed E-state index contributed by atoms with van der Waals surface area (Å²) in [7, 11) is 1.08. The summed E-state index contributed by atoms with van der Waals surface area (Å²) in [6.45, 7) is 0.0184. The molecule has 4 rings (SSSR count). The average Bonchev–Trinajstić information content (AvgIpc) is 3.50. The Balaban J connectivity index is 1.65. The first-order valence-electron chi connectivity index (χ1n) is 10.4. The van der Waals surface area contributed by atoms with Crippen molar-refractivity contribution in [1.82, 2.24) is 24.2 Å². The van der Waals surface area contributed by atoms with E-state index in [0.717, 1.165) is 21.1 Å². The second-order valence-corrected chi connectivity index (χ2v) is 10.4. The minimum atomic E-state index is -3.40. The van der Waals surface area contributed by atoms with Gasteiger partial charge in [0.25, 0.3) is 0 Å². The summed E-state index contributed by atoms with van der Waals surface area (Å²) in [6.07, 6.45) is 6.63. The van der Waals surface area contributed by atoms with Crippen LogP contribution >= 0.6 is 0 Å². The number of hydrogen-bond donors (Lipinski definition) is 1. The molecule has 10 heteroatoms. The second-order valence-electron chi connectivity index (χ2n) is 8.12. The lowest BCUT2D eigenvalue weighted by Crippen LogP contribution is -2.39. The van der Waals surface area contributed by atoms with Gasteiger partial charge in [0, 0.05) is 31.8 Å². The molecule has 0 unspecified atom stereocenters. The lowest BCUT2D eigenvalue weighted by Gasteiger charge is -2.14. The monoisotopic (exact) mass is 467 g/mol. The molecule has 1 aliphatic carbocycles. The van der Waals surface area contributed by atoms with E-state index >= 15 is 0 Å². The maximum atomic E-state index is 13.0. The highest BCUT2D eigenvalue weighted by atomic mass is 32.2. The first kappa shape index (κ1) is 22.8. The van der Waals surface area contributed by atoms with Crippen molar-refractivity contribution in [2.24, 2.45) is 0 Å². The molecule has 0 saturated heterocycles. The zero-order valence-electron chi connectivity index (χ0n) is 18.7. The number of carbonyl (C=O) groups excluding carboxylic acids is 1. The fourth-order valence-corrected chi connectivity index (χ4v) is 4.30. The molecule has 1 N–H and O–H groups in total. The lowest BCUT2D eigenvalue weighted by molar-refractivity contribution is -0.123. The summed E-state index contributed by atoms with van der Waals surface area (Å²) in [6, 6.07) is 11.2. The van der Waals surface area contributed by atoms with E-state index in [1.54, 1.807) is 11.6 Å². The van der Waals surface area contributed by atoms with Crippen LogP contribution in [0.25, 0.3) is 16.9 Å². The minimum absolute atomic E-state index is 0.0184. The first-order valence-corrected chi connectivity index (χ1v) is 12.0. The number of methoxy groups -OCH3 is 1. The summed E-state index contributed by atoms with van der Waals surface area (Å²) in [4.78, 5) is 17.6. The van der Waals surface area contributed by atoms with Gasteiger partial charge in [0.15, 0.2) is 17.2 Å². The highest BCUT2D eigenvalue weighted by Gasteiger charge is 2.54. The van der Waals surface area contributed by atoms with Gasteiger partial charge >= 0.3 is 0 Å². The van der Waals surface area contributed by atoms with Gasteiger partial charge < -0.3 is 10.1 Å². The van der Waals surface area contributed by atoms with Crippen LogP contribution < -0.4 is 10.1 Å². The van der Waals surface area contributed by atoms with Gasteiger partial charge in [0.1, 0.15) is 5.41 Å². The average molecular weight is 468 g/mol.